The summed E-state index contributed by atoms with van der Waals surface area (Å²) in [5.74, 6) is 0.605. The van der Waals surface area contributed by atoms with Crippen molar-refractivity contribution >= 4 is 12.2 Å². The van der Waals surface area contributed by atoms with Crippen LogP contribution in [0.15, 0.2) is 18.5 Å². The molecule has 2 heterocycles. The van der Waals surface area contributed by atoms with Crippen LogP contribution in [0.1, 0.15) is 5.56 Å². The molecule has 0 aliphatic heterocycles. The van der Waals surface area contributed by atoms with Crippen molar-refractivity contribution in [1.82, 2.24) is 19.9 Å². The molecule has 16 heavy (non-hydrogen) atoms. The summed E-state index contributed by atoms with van der Waals surface area (Å²) in [6.45, 7) is 1.96. The van der Waals surface area contributed by atoms with Crippen molar-refractivity contribution in [2.75, 3.05) is 7.11 Å². The van der Waals surface area contributed by atoms with Crippen LogP contribution < -0.4 is 4.74 Å². The zero-order chi connectivity index (χ0) is 11.5. The highest BCUT2D eigenvalue weighted by atomic mass is 32.1. The van der Waals surface area contributed by atoms with Crippen molar-refractivity contribution in [2.45, 2.75) is 6.92 Å². The SMILES string of the molecule is COc1nc(=S)nc(-c2cncc(C)c2)[nH]1. The molecule has 0 aliphatic rings. The van der Waals surface area contributed by atoms with Crippen molar-refractivity contribution in [3.63, 3.8) is 0 Å². The highest BCUT2D eigenvalue weighted by molar-refractivity contribution is 7.71. The Morgan fingerprint density at radius 3 is 2.81 bits per heavy atom. The molecule has 0 saturated carbocycles. The fourth-order valence-corrected chi connectivity index (χ4v) is 1.46. The van der Waals surface area contributed by atoms with Gasteiger partial charge >= 0.3 is 0 Å². The Bertz CT molecular complexity index is 567. The van der Waals surface area contributed by atoms with Crippen LogP contribution in [0.5, 0.6) is 6.01 Å². The lowest BCUT2D eigenvalue weighted by Gasteiger charge is -2.03. The number of nitrogens with one attached hydrogen (secondary N) is 1. The van der Waals surface area contributed by atoms with E-state index in [9.17, 15) is 0 Å². The van der Waals surface area contributed by atoms with E-state index in [1.54, 1.807) is 12.4 Å². The minimum atomic E-state index is 0.243. The summed E-state index contributed by atoms with van der Waals surface area (Å²) >= 11 is 4.94. The minimum absolute atomic E-state index is 0.243. The van der Waals surface area contributed by atoms with Gasteiger partial charge in [-0.15, -0.1) is 0 Å². The fraction of sp³-hybridized carbons (Fsp3) is 0.200. The van der Waals surface area contributed by atoms with E-state index in [1.165, 1.54) is 7.11 Å². The van der Waals surface area contributed by atoms with Crippen LogP contribution in [-0.2, 0) is 0 Å². The van der Waals surface area contributed by atoms with E-state index in [2.05, 4.69) is 19.9 Å². The first kappa shape index (κ1) is 10.7. The molecular weight excluding hydrogens is 224 g/mol. The Hall–Kier alpha value is -1.82. The monoisotopic (exact) mass is 234 g/mol. The van der Waals surface area contributed by atoms with Gasteiger partial charge in [0.25, 0.3) is 6.01 Å². The standard InChI is InChI=1S/C10H10N4OS/c1-6-3-7(5-11-4-6)8-12-9(15-2)14-10(16)13-8/h3-5H,1-2H3,(H,12,13,14,16). The lowest BCUT2D eigenvalue weighted by Crippen LogP contribution is -1.98. The first-order chi connectivity index (χ1) is 7.69. The van der Waals surface area contributed by atoms with Gasteiger partial charge in [0.2, 0.25) is 4.77 Å². The Labute approximate surface area is 97.6 Å². The van der Waals surface area contributed by atoms with Gasteiger partial charge in [-0.2, -0.15) is 4.98 Å². The molecule has 0 spiro atoms. The molecule has 2 aromatic rings. The van der Waals surface area contributed by atoms with Crippen LogP contribution in [0.25, 0.3) is 11.4 Å². The molecule has 0 unspecified atom stereocenters. The Morgan fingerprint density at radius 1 is 1.31 bits per heavy atom. The van der Waals surface area contributed by atoms with E-state index in [1.807, 2.05) is 13.0 Å². The van der Waals surface area contributed by atoms with Crippen LogP contribution in [0.3, 0.4) is 0 Å². The van der Waals surface area contributed by atoms with E-state index >= 15 is 0 Å². The number of aryl methyl sites for hydroxylation is 1. The van der Waals surface area contributed by atoms with Gasteiger partial charge in [0.1, 0.15) is 5.82 Å². The Morgan fingerprint density at radius 2 is 2.12 bits per heavy atom. The third-order valence-corrected chi connectivity index (χ3v) is 2.15. The maximum atomic E-state index is 4.99. The van der Waals surface area contributed by atoms with Crippen LogP contribution in [0.4, 0.5) is 0 Å². The van der Waals surface area contributed by atoms with Crippen molar-refractivity contribution in [3.05, 3.63) is 28.8 Å². The van der Waals surface area contributed by atoms with Crippen molar-refractivity contribution in [1.29, 1.82) is 0 Å². The zero-order valence-corrected chi connectivity index (χ0v) is 9.71. The summed E-state index contributed by atoms with van der Waals surface area (Å²) in [5, 5.41) is 0. The number of hydrogen-bond donors (Lipinski definition) is 1. The summed E-state index contributed by atoms with van der Waals surface area (Å²) in [7, 11) is 1.52. The minimum Gasteiger partial charge on any atom is -0.468 e. The number of methoxy groups -OCH3 is 1. The zero-order valence-electron chi connectivity index (χ0n) is 8.89. The Balaban J connectivity index is 2.55. The van der Waals surface area contributed by atoms with Crippen molar-refractivity contribution in [3.8, 4) is 17.4 Å². The average molecular weight is 234 g/mol. The van der Waals surface area contributed by atoms with Crippen LogP contribution in [0.2, 0.25) is 0 Å². The number of pyridine rings is 1. The van der Waals surface area contributed by atoms with Crippen LogP contribution >= 0.6 is 12.2 Å². The molecule has 82 valence electrons. The largest absolute Gasteiger partial charge is 0.468 e. The van der Waals surface area contributed by atoms with E-state index in [4.69, 9.17) is 17.0 Å². The number of rotatable bonds is 2. The second-order valence-electron chi connectivity index (χ2n) is 3.24. The lowest BCUT2D eigenvalue weighted by atomic mass is 10.2. The summed E-state index contributed by atoms with van der Waals surface area (Å²) in [6, 6.07) is 2.30. The van der Waals surface area contributed by atoms with Gasteiger partial charge in [0, 0.05) is 18.0 Å². The van der Waals surface area contributed by atoms with Gasteiger partial charge in [0.15, 0.2) is 0 Å². The number of aromatic amines is 1. The second-order valence-corrected chi connectivity index (χ2v) is 3.61. The molecule has 0 bridgehead atoms. The summed E-state index contributed by atoms with van der Waals surface area (Å²) < 4.78 is 5.24. The smallest absolute Gasteiger partial charge is 0.297 e. The molecule has 0 radical (unpaired) electrons. The quantitative estimate of drug-likeness (QED) is 0.804. The number of ether oxygens (including phenoxy) is 1. The van der Waals surface area contributed by atoms with Crippen molar-refractivity contribution in [2.24, 2.45) is 0 Å². The Kier molecular flexibility index (Phi) is 2.91. The number of hydrogen-bond acceptors (Lipinski definition) is 5. The van der Waals surface area contributed by atoms with Gasteiger partial charge < -0.3 is 4.74 Å². The normalized spacial score (nSPS) is 10.1. The molecule has 0 aliphatic carbocycles. The number of aromatic nitrogens is 4. The summed E-state index contributed by atoms with van der Waals surface area (Å²) in [5.41, 5.74) is 1.90. The van der Waals surface area contributed by atoms with Gasteiger partial charge in [-0.1, -0.05) is 0 Å². The molecule has 6 heteroatoms. The molecule has 2 rings (SSSR count). The van der Waals surface area contributed by atoms with Gasteiger partial charge in [0.05, 0.1) is 7.11 Å². The van der Waals surface area contributed by atoms with Gasteiger partial charge in [-0.25, -0.2) is 4.98 Å². The van der Waals surface area contributed by atoms with E-state index in [-0.39, 0.29) is 4.77 Å². The molecule has 0 aromatic carbocycles. The molecule has 0 amide bonds. The molecule has 1 N–H and O–H groups in total. The third-order valence-electron chi connectivity index (χ3n) is 1.97. The van der Waals surface area contributed by atoms with Gasteiger partial charge in [-0.05, 0) is 30.8 Å². The number of H-pyrrole nitrogens is 1. The molecule has 2 aromatic heterocycles. The topological polar surface area (TPSA) is 63.7 Å². The second kappa shape index (κ2) is 4.36. The highest BCUT2D eigenvalue weighted by Gasteiger charge is 2.04. The predicted molar refractivity (Wildman–Crippen MR) is 61.7 cm³/mol. The first-order valence-electron chi connectivity index (χ1n) is 4.63. The molecule has 0 fully saturated rings. The first-order valence-corrected chi connectivity index (χ1v) is 5.04. The van der Waals surface area contributed by atoms with E-state index in [0.29, 0.717) is 11.8 Å². The molecule has 5 nitrogen and oxygen atoms in total. The van der Waals surface area contributed by atoms with E-state index in [0.717, 1.165) is 11.1 Å². The fourth-order valence-electron chi connectivity index (χ4n) is 1.28. The highest BCUT2D eigenvalue weighted by Crippen LogP contribution is 2.15. The van der Waals surface area contributed by atoms with Crippen LogP contribution in [0, 0.1) is 11.7 Å². The van der Waals surface area contributed by atoms with Crippen molar-refractivity contribution < 1.29 is 4.74 Å². The maximum absolute atomic E-state index is 4.99. The summed E-state index contributed by atoms with van der Waals surface area (Å²) in [4.78, 5) is 15.0. The lowest BCUT2D eigenvalue weighted by molar-refractivity contribution is 0.378. The predicted octanol–water partition coefficient (Wildman–Crippen LogP) is 1.91. The molecule has 0 atom stereocenters. The average Bonchev–Trinajstić information content (AvgIpc) is 2.28. The third kappa shape index (κ3) is 2.22. The molecule has 0 saturated heterocycles. The van der Waals surface area contributed by atoms with E-state index < -0.39 is 0 Å². The number of nitrogens with zero attached hydrogens (tertiary/aromatic N) is 3. The summed E-state index contributed by atoms with van der Waals surface area (Å²) in [6.07, 6.45) is 3.48. The van der Waals surface area contributed by atoms with Gasteiger partial charge in [-0.3, -0.25) is 9.97 Å². The maximum Gasteiger partial charge on any atom is 0.297 e. The molecular formula is C10H10N4OS. The van der Waals surface area contributed by atoms with Crippen LogP contribution in [-0.4, -0.2) is 27.0 Å².